The number of aryl methyl sites for hydroxylation is 1. The number of carbonyl (C=O) groups excluding carboxylic acids is 1. The van der Waals surface area contributed by atoms with Crippen molar-refractivity contribution in [3.8, 4) is 11.1 Å². The molecular formula is C29H30ClN5O3. The summed E-state index contributed by atoms with van der Waals surface area (Å²) in [7, 11) is 0. The molecule has 4 N–H and O–H groups in total. The number of benzene rings is 3. The van der Waals surface area contributed by atoms with Gasteiger partial charge in [0.05, 0.1) is 34.1 Å². The third kappa shape index (κ3) is 6.03. The summed E-state index contributed by atoms with van der Waals surface area (Å²) in [6, 6.07) is 21.6. The summed E-state index contributed by atoms with van der Waals surface area (Å²) in [6.45, 7) is 3.19. The molecule has 9 heteroatoms. The maximum absolute atomic E-state index is 13.5. The number of hydrogen-bond donors (Lipinski definition) is 4. The Morgan fingerprint density at radius 1 is 1.03 bits per heavy atom. The fraction of sp³-hybridized carbons (Fsp3) is 0.241. The van der Waals surface area contributed by atoms with Crippen LogP contribution in [-0.2, 0) is 6.54 Å². The zero-order valence-corrected chi connectivity index (χ0v) is 21.8. The number of para-hydroxylation sites is 2. The number of nitrogens with one attached hydrogen (secondary N) is 3. The zero-order chi connectivity index (χ0) is 27.1. The fourth-order valence-corrected chi connectivity index (χ4v) is 4.61. The van der Waals surface area contributed by atoms with E-state index in [9.17, 15) is 14.7 Å². The lowest BCUT2D eigenvalue weighted by molar-refractivity contribution is 0.0690. The first-order valence-electron chi connectivity index (χ1n) is 12.5. The molecule has 0 aliphatic rings. The smallest absolute Gasteiger partial charge is 0.336 e. The number of aromatic carboxylic acids is 1. The molecule has 0 fully saturated rings. The van der Waals surface area contributed by atoms with Gasteiger partial charge < -0.3 is 20.3 Å². The molecule has 4 aromatic rings. The van der Waals surface area contributed by atoms with Crippen molar-refractivity contribution in [2.24, 2.45) is 0 Å². The number of halogens is 1. The number of hydrogen-bond acceptors (Lipinski definition) is 4. The molecule has 0 bridgehead atoms. The van der Waals surface area contributed by atoms with Crippen LogP contribution < -0.4 is 10.6 Å². The number of imidazole rings is 1. The molecule has 1 aromatic heterocycles. The van der Waals surface area contributed by atoms with Gasteiger partial charge in [0, 0.05) is 13.1 Å². The highest BCUT2D eigenvalue weighted by Gasteiger charge is 2.25. The zero-order valence-electron chi connectivity index (χ0n) is 21.1. The van der Waals surface area contributed by atoms with Gasteiger partial charge in [0.2, 0.25) is 0 Å². The Bertz CT molecular complexity index is 1450. The Kier molecular flexibility index (Phi) is 8.76. The molecule has 0 saturated heterocycles. The van der Waals surface area contributed by atoms with Crippen LogP contribution in [0, 0.1) is 5.41 Å². The first-order valence-corrected chi connectivity index (χ1v) is 13.0. The second-order valence-electron chi connectivity index (χ2n) is 8.84. The monoisotopic (exact) mass is 531 g/mol. The van der Waals surface area contributed by atoms with Gasteiger partial charge in [-0.05, 0) is 55.2 Å². The van der Waals surface area contributed by atoms with Crippen molar-refractivity contribution in [1.82, 2.24) is 20.2 Å². The largest absolute Gasteiger partial charge is 0.478 e. The number of rotatable bonds is 11. The highest BCUT2D eigenvalue weighted by molar-refractivity contribution is 6.27. The number of nitrogens with zero attached hydrogens (tertiary/aromatic N) is 2. The third-order valence-corrected chi connectivity index (χ3v) is 6.63. The summed E-state index contributed by atoms with van der Waals surface area (Å²) in [5.74, 6) is -0.620. The fourth-order valence-electron chi connectivity index (χ4n) is 4.52. The van der Waals surface area contributed by atoms with Gasteiger partial charge in [0.15, 0.2) is 0 Å². The lowest BCUT2D eigenvalue weighted by atomic mass is 9.98. The molecule has 4 rings (SSSR count). The van der Waals surface area contributed by atoms with E-state index in [2.05, 4.69) is 15.2 Å². The number of alkyl halides is 1. The number of carboxylic acids is 1. The summed E-state index contributed by atoms with van der Waals surface area (Å²) in [5.41, 5.74) is 3.39. The van der Waals surface area contributed by atoms with Crippen molar-refractivity contribution in [3.05, 3.63) is 89.7 Å². The van der Waals surface area contributed by atoms with Crippen molar-refractivity contribution >= 4 is 40.3 Å². The van der Waals surface area contributed by atoms with Crippen molar-refractivity contribution in [2.45, 2.75) is 32.4 Å². The maximum Gasteiger partial charge on any atom is 0.336 e. The van der Waals surface area contributed by atoms with E-state index >= 15 is 0 Å². The molecule has 0 aliphatic carbocycles. The van der Waals surface area contributed by atoms with Crippen LogP contribution in [-0.4, -0.2) is 44.8 Å². The number of carboxylic acid groups (broad SMARTS) is 1. The van der Waals surface area contributed by atoms with Crippen molar-refractivity contribution < 1.29 is 14.7 Å². The van der Waals surface area contributed by atoms with Crippen LogP contribution in [0.25, 0.3) is 22.2 Å². The first-order chi connectivity index (χ1) is 18.4. The molecule has 38 heavy (non-hydrogen) atoms. The summed E-state index contributed by atoms with van der Waals surface area (Å²) < 4.78 is 2.06. The van der Waals surface area contributed by atoms with Crippen LogP contribution in [0.1, 0.15) is 52.3 Å². The molecule has 3 aromatic carbocycles. The standard InChI is InChI=1S/C29H30ClN5O3/c1-2-35-25-13-7-6-11-23(25)33-27(35)24(12-8-16-32-26(31)18-30)34-28(36)21-15-14-20(17-22(21)29(37)38)19-9-4-3-5-10-19/h3-7,9-11,13-15,17,24H,2,8,12,16,18H2,1H3,(H2,31,32)(H,34,36)(H,37,38). The highest BCUT2D eigenvalue weighted by Crippen LogP contribution is 2.26. The van der Waals surface area contributed by atoms with Gasteiger partial charge in [-0.1, -0.05) is 48.5 Å². The van der Waals surface area contributed by atoms with Crippen LogP contribution in [0.3, 0.4) is 0 Å². The van der Waals surface area contributed by atoms with Crippen molar-refractivity contribution in [2.75, 3.05) is 12.4 Å². The Labute approximate surface area is 226 Å². The molecule has 1 amide bonds. The van der Waals surface area contributed by atoms with E-state index < -0.39 is 17.9 Å². The first kappa shape index (κ1) is 26.9. The lowest BCUT2D eigenvalue weighted by Gasteiger charge is -2.21. The third-order valence-electron chi connectivity index (χ3n) is 6.36. The minimum atomic E-state index is -1.17. The Balaban J connectivity index is 1.65. The van der Waals surface area contributed by atoms with Crippen molar-refractivity contribution in [1.29, 1.82) is 5.41 Å². The molecule has 1 heterocycles. The van der Waals surface area contributed by atoms with E-state index in [1.54, 1.807) is 12.1 Å². The molecule has 0 saturated carbocycles. The molecule has 1 unspecified atom stereocenters. The lowest BCUT2D eigenvalue weighted by Crippen LogP contribution is -2.33. The number of carbonyl (C=O) groups is 2. The minimum absolute atomic E-state index is 0.0659. The minimum Gasteiger partial charge on any atom is -0.478 e. The summed E-state index contributed by atoms with van der Waals surface area (Å²) in [6.07, 6.45) is 1.16. The van der Waals surface area contributed by atoms with Gasteiger partial charge in [0.25, 0.3) is 5.91 Å². The highest BCUT2D eigenvalue weighted by atomic mass is 35.5. The van der Waals surface area contributed by atoms with Gasteiger partial charge >= 0.3 is 5.97 Å². The second kappa shape index (κ2) is 12.4. The van der Waals surface area contributed by atoms with Gasteiger partial charge in [0.1, 0.15) is 11.7 Å². The summed E-state index contributed by atoms with van der Waals surface area (Å²) in [5, 5.41) is 23.6. The van der Waals surface area contributed by atoms with Crippen LogP contribution >= 0.6 is 11.6 Å². The quantitative estimate of drug-likeness (QED) is 0.0884. The normalized spacial score (nSPS) is 11.7. The molecule has 0 radical (unpaired) electrons. The Hall–Kier alpha value is -4.17. The number of amides is 1. The average Bonchev–Trinajstić information content (AvgIpc) is 3.33. The molecule has 196 valence electrons. The molecule has 0 aliphatic heterocycles. The van der Waals surface area contributed by atoms with Crippen LogP contribution in [0.4, 0.5) is 0 Å². The molecular weight excluding hydrogens is 502 g/mol. The van der Waals surface area contributed by atoms with Gasteiger partial charge in [-0.3, -0.25) is 10.2 Å². The number of amidine groups is 1. The van der Waals surface area contributed by atoms with Gasteiger partial charge in [-0.2, -0.15) is 0 Å². The molecule has 1 atom stereocenters. The van der Waals surface area contributed by atoms with Crippen LogP contribution in [0.5, 0.6) is 0 Å². The Morgan fingerprint density at radius 3 is 2.47 bits per heavy atom. The topological polar surface area (TPSA) is 120 Å². The number of fused-ring (bicyclic) bond motifs is 1. The predicted octanol–water partition coefficient (Wildman–Crippen LogP) is 5.48. The van der Waals surface area contributed by atoms with Gasteiger partial charge in [-0.25, -0.2) is 9.78 Å². The van der Waals surface area contributed by atoms with E-state index in [1.807, 2.05) is 61.5 Å². The Morgan fingerprint density at radius 2 is 1.76 bits per heavy atom. The number of aromatic nitrogens is 2. The molecule has 8 nitrogen and oxygen atoms in total. The average molecular weight is 532 g/mol. The van der Waals surface area contributed by atoms with E-state index in [1.165, 1.54) is 6.07 Å². The summed E-state index contributed by atoms with van der Waals surface area (Å²) in [4.78, 5) is 30.5. The second-order valence-corrected chi connectivity index (χ2v) is 9.11. The van der Waals surface area contributed by atoms with Crippen LogP contribution in [0.15, 0.2) is 72.8 Å². The SMILES string of the molecule is CCn1c(C(CCCNC(=N)CCl)NC(=O)c2ccc(-c3ccccc3)cc2C(=O)O)nc2ccccc21. The summed E-state index contributed by atoms with van der Waals surface area (Å²) >= 11 is 5.70. The maximum atomic E-state index is 13.5. The van der Waals surface area contributed by atoms with E-state index in [0.717, 1.165) is 22.2 Å². The van der Waals surface area contributed by atoms with Crippen molar-refractivity contribution in [3.63, 3.8) is 0 Å². The molecule has 0 spiro atoms. The van der Waals surface area contributed by atoms with E-state index in [4.69, 9.17) is 22.0 Å². The van der Waals surface area contributed by atoms with Crippen LogP contribution in [0.2, 0.25) is 0 Å². The predicted molar refractivity (Wildman–Crippen MR) is 150 cm³/mol. The van der Waals surface area contributed by atoms with E-state index in [0.29, 0.717) is 31.8 Å². The van der Waals surface area contributed by atoms with E-state index in [-0.39, 0.29) is 22.8 Å². The van der Waals surface area contributed by atoms with Gasteiger partial charge in [-0.15, -0.1) is 11.6 Å².